The fraction of sp³-hybridized carbons (Fsp3) is 0.462. The van der Waals surface area contributed by atoms with Crippen molar-refractivity contribution in [2.45, 2.75) is 56.9 Å². The van der Waals surface area contributed by atoms with Crippen LogP contribution in [-0.2, 0) is 26.0 Å². The van der Waals surface area contributed by atoms with Crippen LogP contribution in [0.5, 0.6) is 0 Å². The minimum atomic E-state index is -3.74. The molecular formula is C26H31N3O4S. The van der Waals surface area contributed by atoms with Gasteiger partial charge in [-0.25, -0.2) is 8.42 Å². The first-order valence-electron chi connectivity index (χ1n) is 12.1. The summed E-state index contributed by atoms with van der Waals surface area (Å²) >= 11 is 0. The molecule has 2 aromatic rings. The summed E-state index contributed by atoms with van der Waals surface area (Å²) < 4.78 is 28.4. The summed E-state index contributed by atoms with van der Waals surface area (Å²) in [5.41, 5.74) is 3.55. The number of aryl methyl sites for hydroxylation is 1. The molecule has 2 fully saturated rings. The molecule has 2 aromatic carbocycles. The van der Waals surface area contributed by atoms with E-state index < -0.39 is 15.9 Å². The highest BCUT2D eigenvalue weighted by molar-refractivity contribution is 7.89. The summed E-state index contributed by atoms with van der Waals surface area (Å²) in [5, 5.41) is 2.92. The average Bonchev–Trinajstić information content (AvgIpc) is 3.62. The van der Waals surface area contributed by atoms with Crippen molar-refractivity contribution in [2.75, 3.05) is 23.3 Å². The van der Waals surface area contributed by atoms with Gasteiger partial charge in [-0.2, -0.15) is 4.31 Å². The summed E-state index contributed by atoms with van der Waals surface area (Å²) in [4.78, 5) is 27.6. The summed E-state index contributed by atoms with van der Waals surface area (Å²) in [5.74, 6) is -0.278. The number of carbonyl (C=O) groups is 2. The van der Waals surface area contributed by atoms with Crippen LogP contribution in [0.2, 0.25) is 0 Å². The van der Waals surface area contributed by atoms with Crippen LogP contribution in [0.3, 0.4) is 0 Å². The normalized spacial score (nSPS) is 22.9. The van der Waals surface area contributed by atoms with Gasteiger partial charge in [-0.05, 0) is 81.8 Å². The second kappa shape index (κ2) is 8.82. The van der Waals surface area contributed by atoms with Crippen molar-refractivity contribution in [3.63, 3.8) is 0 Å². The monoisotopic (exact) mass is 481 g/mol. The highest BCUT2D eigenvalue weighted by Gasteiger charge is 2.40. The SMILES string of the molecule is Cc1ccc(NC(=O)[C@H]2CCCN(S(=O)(=O)c3ccc4c(c3)C[C@H](C)N4C(=O)C3CC3)C2)cc1. The minimum absolute atomic E-state index is 0.0332. The van der Waals surface area contributed by atoms with Crippen LogP contribution in [0.25, 0.3) is 0 Å². The van der Waals surface area contributed by atoms with E-state index >= 15 is 0 Å². The largest absolute Gasteiger partial charge is 0.326 e. The van der Waals surface area contributed by atoms with E-state index in [0.29, 0.717) is 31.5 Å². The zero-order chi connectivity index (χ0) is 24.0. The van der Waals surface area contributed by atoms with E-state index in [4.69, 9.17) is 0 Å². The minimum Gasteiger partial charge on any atom is -0.326 e. The molecule has 180 valence electrons. The van der Waals surface area contributed by atoms with E-state index in [2.05, 4.69) is 5.32 Å². The second-order valence-corrected chi connectivity index (χ2v) is 11.8. The molecule has 0 unspecified atom stereocenters. The number of nitrogens with one attached hydrogen (secondary N) is 1. The number of amides is 2. The lowest BCUT2D eigenvalue weighted by molar-refractivity contribution is -0.121. The molecule has 0 radical (unpaired) electrons. The van der Waals surface area contributed by atoms with E-state index in [0.717, 1.165) is 29.7 Å². The Kier molecular flexibility index (Phi) is 5.98. The fourth-order valence-electron chi connectivity index (χ4n) is 5.04. The number of fused-ring (bicyclic) bond motifs is 1. The van der Waals surface area contributed by atoms with Gasteiger partial charge in [0.05, 0.1) is 10.8 Å². The van der Waals surface area contributed by atoms with Crippen molar-refractivity contribution < 1.29 is 18.0 Å². The molecule has 2 aliphatic heterocycles. The number of carbonyl (C=O) groups excluding carboxylic acids is 2. The third kappa shape index (κ3) is 4.36. The van der Waals surface area contributed by atoms with Crippen molar-refractivity contribution in [1.82, 2.24) is 4.31 Å². The van der Waals surface area contributed by atoms with Crippen LogP contribution in [0.15, 0.2) is 47.4 Å². The van der Waals surface area contributed by atoms with Crippen LogP contribution < -0.4 is 10.2 Å². The molecule has 0 bridgehead atoms. The Morgan fingerprint density at radius 1 is 1.00 bits per heavy atom. The van der Waals surface area contributed by atoms with Gasteiger partial charge in [0, 0.05) is 36.4 Å². The summed E-state index contributed by atoms with van der Waals surface area (Å²) in [6.07, 6.45) is 3.83. The molecule has 1 saturated carbocycles. The quantitative estimate of drug-likeness (QED) is 0.705. The Hall–Kier alpha value is -2.71. The molecule has 1 aliphatic carbocycles. The standard InChI is InChI=1S/C26H31N3O4S/c1-17-5-9-22(10-6-17)27-25(30)20-4-3-13-28(16-20)34(32,33)23-11-12-24-21(15-23)14-18(2)29(24)26(31)19-7-8-19/h5-6,9-12,15,18-20H,3-4,7-8,13-14,16H2,1-2H3,(H,27,30)/t18-,20-/m0/s1. The van der Waals surface area contributed by atoms with Crippen molar-refractivity contribution in [1.29, 1.82) is 0 Å². The molecule has 2 atom stereocenters. The maximum absolute atomic E-state index is 13.5. The smallest absolute Gasteiger partial charge is 0.243 e. The predicted octanol–water partition coefficient (Wildman–Crippen LogP) is 3.72. The van der Waals surface area contributed by atoms with Crippen LogP contribution in [0.4, 0.5) is 11.4 Å². The predicted molar refractivity (Wildman–Crippen MR) is 131 cm³/mol. The first-order chi connectivity index (χ1) is 16.2. The summed E-state index contributed by atoms with van der Waals surface area (Å²) in [7, 11) is -3.74. The zero-order valence-electron chi connectivity index (χ0n) is 19.7. The summed E-state index contributed by atoms with van der Waals surface area (Å²) in [6.45, 7) is 4.56. The van der Waals surface area contributed by atoms with Gasteiger partial charge in [-0.15, -0.1) is 0 Å². The molecule has 8 heteroatoms. The van der Waals surface area contributed by atoms with Crippen molar-refractivity contribution in [2.24, 2.45) is 11.8 Å². The van der Waals surface area contributed by atoms with Gasteiger partial charge in [-0.3, -0.25) is 9.59 Å². The van der Waals surface area contributed by atoms with E-state index in [1.165, 1.54) is 4.31 Å². The molecule has 1 N–H and O–H groups in total. The van der Waals surface area contributed by atoms with E-state index in [9.17, 15) is 18.0 Å². The number of piperidine rings is 1. The molecule has 3 aliphatic rings. The highest BCUT2D eigenvalue weighted by atomic mass is 32.2. The topological polar surface area (TPSA) is 86.8 Å². The van der Waals surface area contributed by atoms with Gasteiger partial charge in [0.25, 0.3) is 0 Å². The van der Waals surface area contributed by atoms with E-state index in [1.807, 2.05) is 43.0 Å². The van der Waals surface area contributed by atoms with Crippen LogP contribution in [0, 0.1) is 18.8 Å². The number of anilines is 2. The molecular weight excluding hydrogens is 450 g/mol. The van der Waals surface area contributed by atoms with Gasteiger partial charge in [0.15, 0.2) is 0 Å². The van der Waals surface area contributed by atoms with E-state index in [-0.39, 0.29) is 35.2 Å². The van der Waals surface area contributed by atoms with Gasteiger partial charge in [0.1, 0.15) is 0 Å². The van der Waals surface area contributed by atoms with E-state index in [1.54, 1.807) is 18.2 Å². The lowest BCUT2D eigenvalue weighted by Gasteiger charge is -2.31. The molecule has 1 saturated heterocycles. The first kappa shape index (κ1) is 23.1. The average molecular weight is 482 g/mol. The first-order valence-corrected chi connectivity index (χ1v) is 13.5. The number of nitrogens with zero attached hydrogens (tertiary/aromatic N) is 2. The Bertz CT molecular complexity index is 1220. The Morgan fingerprint density at radius 3 is 2.44 bits per heavy atom. The number of hydrogen-bond acceptors (Lipinski definition) is 4. The maximum atomic E-state index is 13.5. The number of hydrogen-bond donors (Lipinski definition) is 1. The molecule has 0 aromatic heterocycles. The molecule has 34 heavy (non-hydrogen) atoms. The lowest BCUT2D eigenvalue weighted by atomic mass is 9.98. The zero-order valence-corrected chi connectivity index (χ0v) is 20.5. The van der Waals surface area contributed by atoms with Crippen molar-refractivity contribution in [3.05, 3.63) is 53.6 Å². The van der Waals surface area contributed by atoms with Gasteiger partial charge >= 0.3 is 0 Å². The molecule has 2 heterocycles. The van der Waals surface area contributed by atoms with Crippen LogP contribution in [-0.4, -0.2) is 43.7 Å². The third-order valence-electron chi connectivity index (χ3n) is 7.14. The Balaban J connectivity index is 1.31. The molecule has 2 amide bonds. The van der Waals surface area contributed by atoms with Crippen LogP contribution in [0.1, 0.15) is 43.7 Å². The van der Waals surface area contributed by atoms with Crippen molar-refractivity contribution in [3.8, 4) is 0 Å². The lowest BCUT2D eigenvalue weighted by Crippen LogP contribution is -2.43. The third-order valence-corrected chi connectivity index (χ3v) is 9.00. The molecule has 5 rings (SSSR count). The molecule has 0 spiro atoms. The number of sulfonamides is 1. The second-order valence-electron chi connectivity index (χ2n) is 9.88. The fourth-order valence-corrected chi connectivity index (χ4v) is 6.61. The van der Waals surface area contributed by atoms with Gasteiger partial charge in [-0.1, -0.05) is 17.7 Å². The van der Waals surface area contributed by atoms with Gasteiger partial charge < -0.3 is 10.2 Å². The number of rotatable bonds is 5. The van der Waals surface area contributed by atoms with Crippen LogP contribution >= 0.6 is 0 Å². The Labute approximate surface area is 201 Å². The highest BCUT2D eigenvalue weighted by Crippen LogP contribution is 2.40. The van der Waals surface area contributed by atoms with Gasteiger partial charge in [0.2, 0.25) is 21.8 Å². The Morgan fingerprint density at radius 2 is 1.74 bits per heavy atom. The van der Waals surface area contributed by atoms with Crippen molar-refractivity contribution >= 4 is 33.2 Å². The summed E-state index contributed by atoms with van der Waals surface area (Å²) in [6, 6.07) is 12.7. The number of benzene rings is 2. The maximum Gasteiger partial charge on any atom is 0.243 e. The molecule has 7 nitrogen and oxygen atoms in total.